The average Bonchev–Trinajstić information content (AvgIpc) is 2.93. The fraction of sp³-hybridized carbons (Fsp3) is 0.182. The molecule has 0 aliphatic carbocycles. The number of hydrogen-bond donors (Lipinski definition) is 1. The van der Waals surface area contributed by atoms with Gasteiger partial charge < -0.3 is 9.84 Å². The summed E-state index contributed by atoms with van der Waals surface area (Å²) in [6.45, 7) is 0. The number of tetrazole rings is 1. The van der Waals surface area contributed by atoms with Crippen molar-refractivity contribution in [3.8, 4) is 5.69 Å². The molecule has 0 radical (unpaired) electrons. The molecule has 2 aromatic rings. The second-order valence-corrected chi connectivity index (χ2v) is 4.53. The van der Waals surface area contributed by atoms with Gasteiger partial charge in [-0.15, -0.1) is 5.10 Å². The molecule has 0 bridgehead atoms. The fourth-order valence-electron chi connectivity index (χ4n) is 1.36. The van der Waals surface area contributed by atoms with Gasteiger partial charge in [-0.1, -0.05) is 11.8 Å². The van der Waals surface area contributed by atoms with Gasteiger partial charge >= 0.3 is 11.9 Å². The van der Waals surface area contributed by atoms with E-state index < -0.39 is 5.97 Å². The normalized spacial score (nSPS) is 10.2. The van der Waals surface area contributed by atoms with Crippen LogP contribution in [0.4, 0.5) is 0 Å². The summed E-state index contributed by atoms with van der Waals surface area (Å²) < 4.78 is 5.95. The van der Waals surface area contributed by atoms with Crippen molar-refractivity contribution in [2.24, 2.45) is 0 Å². The molecule has 20 heavy (non-hydrogen) atoms. The Hall–Kier alpha value is -2.42. The molecule has 1 aromatic carbocycles. The van der Waals surface area contributed by atoms with Crippen LogP contribution < -0.4 is 0 Å². The van der Waals surface area contributed by atoms with E-state index in [2.05, 4.69) is 20.3 Å². The molecule has 0 fully saturated rings. The Bertz CT molecular complexity index is 626. The van der Waals surface area contributed by atoms with Crippen molar-refractivity contribution in [3.05, 3.63) is 29.8 Å². The Morgan fingerprint density at radius 1 is 1.35 bits per heavy atom. The molecule has 1 aromatic heterocycles. The van der Waals surface area contributed by atoms with Crippen molar-refractivity contribution >= 4 is 23.7 Å². The summed E-state index contributed by atoms with van der Waals surface area (Å²) in [6, 6.07) is 6.08. The number of esters is 1. The summed E-state index contributed by atoms with van der Waals surface area (Å²) >= 11 is 1.13. The number of aromatic nitrogens is 4. The Labute approximate surface area is 117 Å². The van der Waals surface area contributed by atoms with Gasteiger partial charge in [0.2, 0.25) is 5.16 Å². The van der Waals surface area contributed by atoms with Crippen molar-refractivity contribution in [3.63, 3.8) is 0 Å². The molecule has 0 amide bonds. The Morgan fingerprint density at radius 3 is 2.65 bits per heavy atom. The molecule has 0 spiro atoms. The molecule has 0 saturated heterocycles. The van der Waals surface area contributed by atoms with Gasteiger partial charge in [0.15, 0.2) is 0 Å². The highest BCUT2D eigenvalue weighted by atomic mass is 32.2. The molecule has 104 valence electrons. The summed E-state index contributed by atoms with van der Waals surface area (Å²) in [5.41, 5.74) is 0.776. The van der Waals surface area contributed by atoms with Crippen LogP contribution in [0, 0.1) is 0 Å². The third-order valence-electron chi connectivity index (χ3n) is 2.35. The maximum atomic E-state index is 11.1. The minimum absolute atomic E-state index is 0.0874. The smallest absolute Gasteiger partial charge is 0.335 e. The predicted molar refractivity (Wildman–Crippen MR) is 68.9 cm³/mol. The van der Waals surface area contributed by atoms with E-state index in [0.717, 1.165) is 11.8 Å². The molecule has 0 atom stereocenters. The van der Waals surface area contributed by atoms with Crippen molar-refractivity contribution in [2.45, 2.75) is 5.16 Å². The number of carbonyl (C=O) groups is 2. The molecule has 0 aliphatic heterocycles. The Balaban J connectivity index is 2.18. The Morgan fingerprint density at radius 2 is 2.05 bits per heavy atom. The predicted octanol–water partition coefficient (Wildman–Crippen LogP) is 0.626. The summed E-state index contributed by atoms with van der Waals surface area (Å²) in [5, 5.41) is 20.4. The van der Waals surface area contributed by atoms with Gasteiger partial charge in [-0.3, -0.25) is 4.79 Å². The van der Waals surface area contributed by atoms with E-state index >= 15 is 0 Å². The van der Waals surface area contributed by atoms with E-state index in [1.165, 1.54) is 23.9 Å². The van der Waals surface area contributed by atoms with Crippen LogP contribution in [0.5, 0.6) is 0 Å². The largest absolute Gasteiger partial charge is 0.478 e. The summed E-state index contributed by atoms with van der Waals surface area (Å²) in [4.78, 5) is 21.9. The zero-order chi connectivity index (χ0) is 14.5. The molecule has 0 unspecified atom stereocenters. The van der Waals surface area contributed by atoms with Crippen LogP contribution in [0.3, 0.4) is 0 Å². The van der Waals surface area contributed by atoms with Gasteiger partial charge in [0.05, 0.1) is 24.1 Å². The van der Waals surface area contributed by atoms with E-state index in [9.17, 15) is 9.59 Å². The number of hydrogen-bond acceptors (Lipinski definition) is 7. The number of carboxylic acids is 1. The zero-order valence-corrected chi connectivity index (χ0v) is 11.2. The highest BCUT2D eigenvalue weighted by Gasteiger charge is 2.12. The third kappa shape index (κ3) is 3.12. The van der Waals surface area contributed by atoms with Crippen LogP contribution in [-0.4, -0.2) is 50.1 Å². The number of rotatable bonds is 5. The van der Waals surface area contributed by atoms with Crippen LogP contribution >= 0.6 is 11.8 Å². The maximum Gasteiger partial charge on any atom is 0.335 e. The molecule has 0 saturated carbocycles. The van der Waals surface area contributed by atoms with Gasteiger partial charge in [0.25, 0.3) is 0 Å². The van der Waals surface area contributed by atoms with E-state index in [-0.39, 0.29) is 17.3 Å². The Kier molecular flexibility index (Phi) is 4.31. The van der Waals surface area contributed by atoms with Crippen molar-refractivity contribution in [2.75, 3.05) is 12.9 Å². The molecule has 0 aliphatic rings. The van der Waals surface area contributed by atoms with E-state index in [4.69, 9.17) is 5.11 Å². The lowest BCUT2D eigenvalue weighted by molar-refractivity contribution is -0.137. The minimum atomic E-state index is -1.01. The molecule has 8 nitrogen and oxygen atoms in total. The number of nitrogens with zero attached hydrogens (tertiary/aromatic N) is 4. The number of ether oxygens (including phenoxy) is 1. The van der Waals surface area contributed by atoms with Crippen LogP contribution in [0.2, 0.25) is 0 Å². The quantitative estimate of drug-likeness (QED) is 0.632. The monoisotopic (exact) mass is 294 g/mol. The second-order valence-electron chi connectivity index (χ2n) is 3.59. The first-order chi connectivity index (χ1) is 9.61. The number of carboxylic acid groups (broad SMARTS) is 1. The summed E-state index contributed by atoms with van der Waals surface area (Å²) in [6.07, 6.45) is 0. The SMILES string of the molecule is COC(=O)CSc1nnnn1-c1ccc(C(=O)O)cc1. The highest BCUT2D eigenvalue weighted by Crippen LogP contribution is 2.18. The van der Waals surface area contributed by atoms with Gasteiger partial charge in [0, 0.05) is 0 Å². The zero-order valence-electron chi connectivity index (χ0n) is 10.4. The van der Waals surface area contributed by atoms with Crippen molar-refractivity contribution in [1.82, 2.24) is 20.2 Å². The molecular formula is C11H10N4O4S. The van der Waals surface area contributed by atoms with Crippen molar-refractivity contribution in [1.29, 1.82) is 0 Å². The van der Waals surface area contributed by atoms with Gasteiger partial charge in [-0.25, -0.2) is 4.79 Å². The lowest BCUT2D eigenvalue weighted by atomic mass is 10.2. The van der Waals surface area contributed by atoms with Crippen LogP contribution in [0.25, 0.3) is 5.69 Å². The van der Waals surface area contributed by atoms with E-state index in [1.807, 2.05) is 0 Å². The summed E-state index contributed by atoms with van der Waals surface area (Å²) in [7, 11) is 1.30. The van der Waals surface area contributed by atoms with E-state index in [0.29, 0.717) is 10.8 Å². The molecular weight excluding hydrogens is 284 g/mol. The first-order valence-electron chi connectivity index (χ1n) is 5.43. The topological polar surface area (TPSA) is 107 Å². The maximum absolute atomic E-state index is 11.1. The minimum Gasteiger partial charge on any atom is -0.478 e. The van der Waals surface area contributed by atoms with Crippen LogP contribution in [-0.2, 0) is 9.53 Å². The first-order valence-corrected chi connectivity index (χ1v) is 6.42. The lowest BCUT2D eigenvalue weighted by Gasteiger charge is -2.04. The number of aromatic carboxylic acids is 1. The number of carbonyl (C=O) groups excluding carboxylic acids is 1. The number of thioether (sulfide) groups is 1. The first kappa shape index (κ1) is 14.0. The lowest BCUT2D eigenvalue weighted by Crippen LogP contribution is -2.06. The molecule has 9 heteroatoms. The van der Waals surface area contributed by atoms with Gasteiger partial charge in [-0.05, 0) is 34.7 Å². The highest BCUT2D eigenvalue weighted by molar-refractivity contribution is 7.99. The molecule has 1 N–H and O–H groups in total. The summed E-state index contributed by atoms with van der Waals surface area (Å²) in [5.74, 6) is -1.30. The third-order valence-corrected chi connectivity index (χ3v) is 3.24. The van der Waals surface area contributed by atoms with E-state index in [1.54, 1.807) is 12.1 Å². The second kappa shape index (κ2) is 6.15. The van der Waals surface area contributed by atoms with Crippen LogP contribution in [0.1, 0.15) is 10.4 Å². The molecule has 2 rings (SSSR count). The van der Waals surface area contributed by atoms with Gasteiger partial charge in [-0.2, -0.15) is 4.68 Å². The standard InChI is InChI=1S/C11H10N4O4S/c1-19-9(16)6-20-11-12-13-14-15(11)8-4-2-7(3-5-8)10(17)18/h2-5H,6H2,1H3,(H,17,18). The van der Waals surface area contributed by atoms with Crippen molar-refractivity contribution < 1.29 is 19.4 Å². The average molecular weight is 294 g/mol. The molecule has 1 heterocycles. The fourth-order valence-corrected chi connectivity index (χ4v) is 2.08. The number of methoxy groups -OCH3 is 1. The van der Waals surface area contributed by atoms with Gasteiger partial charge in [0.1, 0.15) is 0 Å². The van der Waals surface area contributed by atoms with Crippen LogP contribution in [0.15, 0.2) is 29.4 Å². The number of benzene rings is 1.